The summed E-state index contributed by atoms with van der Waals surface area (Å²) in [7, 11) is 0. The Hall–Kier alpha value is -3.92. The second kappa shape index (κ2) is 10.5. The first-order valence-corrected chi connectivity index (χ1v) is 14.7. The van der Waals surface area contributed by atoms with E-state index in [4.69, 9.17) is 4.74 Å². The molecule has 41 heavy (non-hydrogen) atoms. The lowest BCUT2D eigenvalue weighted by molar-refractivity contribution is -0.148. The molecule has 4 aliphatic heterocycles. The van der Waals surface area contributed by atoms with Gasteiger partial charge in [0.25, 0.3) is 5.56 Å². The molecule has 2 bridgehead atoms. The summed E-state index contributed by atoms with van der Waals surface area (Å²) in [6, 6.07) is 11.2. The van der Waals surface area contributed by atoms with E-state index >= 15 is 4.39 Å². The highest BCUT2D eigenvalue weighted by Crippen LogP contribution is 2.37. The summed E-state index contributed by atoms with van der Waals surface area (Å²) >= 11 is 0. The number of nitrogens with zero attached hydrogens (tertiary/aromatic N) is 4. The molecule has 4 saturated heterocycles. The normalized spacial score (nSPS) is 22.9. The average Bonchev–Trinajstić information content (AvgIpc) is 3.42. The highest BCUT2D eigenvalue weighted by Gasteiger charge is 2.35. The van der Waals surface area contributed by atoms with Crippen molar-refractivity contribution in [2.24, 2.45) is 11.8 Å². The van der Waals surface area contributed by atoms with Crippen molar-refractivity contribution in [1.29, 1.82) is 0 Å². The van der Waals surface area contributed by atoms with Gasteiger partial charge in [-0.15, -0.1) is 0 Å². The molecular formula is C31H35FN6O3. The molecule has 4 aromatic rings. The molecule has 6 heterocycles. The van der Waals surface area contributed by atoms with Crippen LogP contribution in [0.4, 0.5) is 15.8 Å². The van der Waals surface area contributed by atoms with Crippen LogP contribution < -0.4 is 15.8 Å². The number of aromatic nitrogens is 3. The number of piperidine rings is 4. The van der Waals surface area contributed by atoms with Gasteiger partial charge in [0, 0.05) is 31.1 Å². The van der Waals surface area contributed by atoms with Crippen molar-refractivity contribution in [3.05, 3.63) is 58.9 Å². The zero-order valence-corrected chi connectivity index (χ0v) is 23.2. The number of imidazole rings is 1. The van der Waals surface area contributed by atoms with Crippen LogP contribution in [0.25, 0.3) is 27.6 Å². The maximum atomic E-state index is 15.9. The van der Waals surface area contributed by atoms with Gasteiger partial charge in [-0.2, -0.15) is 0 Å². The number of rotatable bonds is 6. The number of ether oxygens (including phenoxy) is 1. The predicted octanol–water partition coefficient (Wildman–Crippen LogP) is 4.29. The van der Waals surface area contributed by atoms with Crippen molar-refractivity contribution in [1.82, 2.24) is 19.4 Å². The van der Waals surface area contributed by atoms with Crippen molar-refractivity contribution >= 4 is 39.3 Å². The van der Waals surface area contributed by atoms with E-state index in [0.29, 0.717) is 66.4 Å². The first-order chi connectivity index (χ1) is 20.0. The fraction of sp³-hybridized carbons (Fsp3) is 0.452. The lowest BCUT2D eigenvalue weighted by Gasteiger charge is -2.45. The number of carbonyl (C=O) groups is 1. The maximum absolute atomic E-state index is 15.9. The summed E-state index contributed by atoms with van der Waals surface area (Å²) in [4.78, 5) is 38.0. The lowest BCUT2D eigenvalue weighted by Crippen LogP contribution is -2.53. The second-order valence-corrected chi connectivity index (χ2v) is 11.5. The van der Waals surface area contributed by atoms with E-state index in [1.807, 2.05) is 33.7 Å². The highest BCUT2D eigenvalue weighted by atomic mass is 19.1. The number of hydrogen-bond acceptors (Lipinski definition) is 7. The number of pyridine rings is 1. The number of fused-ring (bicyclic) bond motifs is 5. The molecule has 214 valence electrons. The van der Waals surface area contributed by atoms with Crippen LogP contribution in [0, 0.1) is 17.7 Å². The minimum atomic E-state index is -0.350. The molecule has 2 aromatic heterocycles. The molecule has 0 aliphatic carbocycles. The summed E-state index contributed by atoms with van der Waals surface area (Å²) in [5.74, 6) is -0.193. The number of esters is 1. The summed E-state index contributed by atoms with van der Waals surface area (Å²) in [6.07, 6.45) is 5.10. The van der Waals surface area contributed by atoms with Gasteiger partial charge in [-0.05, 0) is 75.9 Å². The van der Waals surface area contributed by atoms with Gasteiger partial charge >= 0.3 is 5.97 Å². The number of halogens is 1. The quantitative estimate of drug-likeness (QED) is 0.341. The monoisotopic (exact) mass is 558 g/mol. The zero-order chi connectivity index (χ0) is 28.1. The third-order valence-corrected chi connectivity index (χ3v) is 9.19. The Labute approximate surface area is 237 Å². The summed E-state index contributed by atoms with van der Waals surface area (Å²) in [5.41, 5.74) is 3.41. The molecule has 10 heteroatoms. The number of nitrogens with one attached hydrogen (secondary N) is 2. The van der Waals surface area contributed by atoms with Crippen molar-refractivity contribution in [3.63, 3.8) is 0 Å². The van der Waals surface area contributed by atoms with Crippen LogP contribution in [0.1, 0.15) is 32.6 Å². The summed E-state index contributed by atoms with van der Waals surface area (Å²) in [5, 5.41) is 4.37. The number of anilines is 2. The Morgan fingerprint density at radius 3 is 2.63 bits per heavy atom. The van der Waals surface area contributed by atoms with Gasteiger partial charge in [0.2, 0.25) is 0 Å². The summed E-state index contributed by atoms with van der Waals surface area (Å²) in [6.45, 7) is 6.35. The molecule has 0 spiro atoms. The molecular weight excluding hydrogens is 523 g/mol. The van der Waals surface area contributed by atoms with Crippen LogP contribution in [0.5, 0.6) is 0 Å². The lowest BCUT2D eigenvalue weighted by atomic mass is 9.84. The minimum Gasteiger partial charge on any atom is -0.466 e. The average molecular weight is 559 g/mol. The molecule has 0 unspecified atom stereocenters. The Balaban J connectivity index is 1.31. The van der Waals surface area contributed by atoms with E-state index in [0.717, 1.165) is 43.5 Å². The first-order valence-electron chi connectivity index (χ1n) is 14.7. The largest absolute Gasteiger partial charge is 0.466 e. The number of hydrogen-bond donors (Lipinski definition) is 2. The molecule has 2 N–H and O–H groups in total. The van der Waals surface area contributed by atoms with Gasteiger partial charge in [0.15, 0.2) is 0 Å². The number of aromatic amines is 1. The van der Waals surface area contributed by atoms with Crippen molar-refractivity contribution < 1.29 is 13.9 Å². The van der Waals surface area contributed by atoms with Crippen molar-refractivity contribution in [3.8, 4) is 5.69 Å². The maximum Gasteiger partial charge on any atom is 0.309 e. The van der Waals surface area contributed by atoms with Crippen LogP contribution in [-0.4, -0.2) is 70.8 Å². The predicted molar refractivity (Wildman–Crippen MR) is 157 cm³/mol. The molecule has 0 radical (unpaired) electrons. The van der Waals surface area contributed by atoms with Gasteiger partial charge in [0.05, 0.1) is 40.4 Å². The number of para-hydroxylation sites is 2. The molecule has 4 aliphatic rings. The topological polar surface area (TPSA) is 95.5 Å². The summed E-state index contributed by atoms with van der Waals surface area (Å²) < 4.78 is 22.9. The van der Waals surface area contributed by atoms with Crippen LogP contribution in [0.15, 0.2) is 47.5 Å². The van der Waals surface area contributed by atoms with E-state index in [1.165, 1.54) is 0 Å². The van der Waals surface area contributed by atoms with Crippen LogP contribution in [0.2, 0.25) is 0 Å². The fourth-order valence-corrected chi connectivity index (χ4v) is 6.98. The van der Waals surface area contributed by atoms with Crippen LogP contribution >= 0.6 is 0 Å². The smallest absolute Gasteiger partial charge is 0.309 e. The SMILES string of the molecule is CCOC(=O)C1CCN(c2cc3[nH]c(=O)c(-n4cnc5ccccc54)c(N[C@@H]4CN5CCC4CC5)c3cc2F)CC1. The van der Waals surface area contributed by atoms with Gasteiger partial charge in [-0.3, -0.25) is 14.2 Å². The van der Waals surface area contributed by atoms with E-state index in [9.17, 15) is 9.59 Å². The number of carbonyl (C=O) groups excluding carboxylic acids is 1. The van der Waals surface area contributed by atoms with Gasteiger partial charge in [-0.25, -0.2) is 9.37 Å². The first kappa shape index (κ1) is 26.0. The van der Waals surface area contributed by atoms with Crippen molar-refractivity contribution in [2.75, 3.05) is 49.5 Å². The molecule has 0 amide bonds. The Kier molecular flexibility index (Phi) is 6.65. The Morgan fingerprint density at radius 1 is 1.12 bits per heavy atom. The fourth-order valence-electron chi connectivity index (χ4n) is 6.98. The highest BCUT2D eigenvalue weighted by molar-refractivity contribution is 5.98. The zero-order valence-electron chi connectivity index (χ0n) is 23.2. The van der Waals surface area contributed by atoms with Gasteiger partial charge in [-0.1, -0.05) is 12.1 Å². The third kappa shape index (κ3) is 4.64. The number of H-pyrrole nitrogens is 1. The molecule has 4 fully saturated rings. The standard InChI is InChI=1S/C31H35FN6O3/c1-2-41-31(40)20-9-13-37(14-10-20)27-16-24-21(15-22(27)32)28(34-25-17-36-11-7-19(25)8-12-36)29(30(39)35-24)38-18-33-23-5-3-4-6-26(23)38/h3-6,15-16,18-20,25H,2,7-14,17H2,1H3,(H2,34,35,39)/t25-/m1/s1. The Morgan fingerprint density at radius 2 is 1.90 bits per heavy atom. The second-order valence-electron chi connectivity index (χ2n) is 11.5. The van der Waals surface area contributed by atoms with Gasteiger partial charge < -0.3 is 24.8 Å². The molecule has 9 nitrogen and oxygen atoms in total. The van der Waals surface area contributed by atoms with Crippen LogP contribution in [-0.2, 0) is 9.53 Å². The van der Waals surface area contributed by atoms with E-state index in [2.05, 4.69) is 20.2 Å². The van der Waals surface area contributed by atoms with E-state index in [1.54, 1.807) is 25.4 Å². The molecule has 0 saturated carbocycles. The van der Waals surface area contributed by atoms with Gasteiger partial charge in [0.1, 0.15) is 17.8 Å². The Bertz CT molecular complexity index is 1670. The molecule has 2 aromatic carbocycles. The van der Waals surface area contributed by atoms with E-state index in [-0.39, 0.29) is 29.3 Å². The third-order valence-electron chi connectivity index (χ3n) is 9.19. The molecule has 1 atom stereocenters. The molecule has 8 rings (SSSR count). The van der Waals surface area contributed by atoms with Crippen molar-refractivity contribution in [2.45, 2.75) is 38.6 Å². The van der Waals surface area contributed by atoms with E-state index < -0.39 is 0 Å². The van der Waals surface area contributed by atoms with Crippen LogP contribution in [0.3, 0.4) is 0 Å². The number of benzene rings is 2. The minimum absolute atomic E-state index is 0.167.